The van der Waals surface area contributed by atoms with Crippen molar-refractivity contribution in [3.05, 3.63) is 30.1 Å². The average molecular weight is 526 g/mol. The highest BCUT2D eigenvalue weighted by Gasteiger charge is 2.36. The number of piperazine rings is 1. The maximum atomic E-state index is 12.3. The van der Waals surface area contributed by atoms with Gasteiger partial charge in [-0.25, -0.2) is 9.78 Å². The second-order valence-corrected chi connectivity index (χ2v) is 8.67. The van der Waals surface area contributed by atoms with Gasteiger partial charge in [0, 0.05) is 32.6 Å². The molecule has 0 bridgehead atoms. The van der Waals surface area contributed by atoms with Crippen LogP contribution < -0.4 is 5.32 Å². The summed E-state index contributed by atoms with van der Waals surface area (Å²) >= 11 is 0. The third kappa shape index (κ3) is 5.35. The number of fused-ring (bicyclic) bond motifs is 2. The topological polar surface area (TPSA) is 85.9 Å². The Morgan fingerprint density at radius 2 is 2.10 bits per heavy atom. The number of aromatic amines is 1. The summed E-state index contributed by atoms with van der Waals surface area (Å²) in [5, 5.41) is 3.47. The monoisotopic (exact) mass is 526 g/mol. The molecule has 0 saturated carbocycles. The van der Waals surface area contributed by atoms with Crippen LogP contribution in [-0.2, 0) is 11.2 Å². The Morgan fingerprint density at radius 1 is 1.30 bits per heavy atom. The molecular weight excluding hydrogens is 495 g/mol. The molecule has 1 aromatic heterocycles. The van der Waals surface area contributed by atoms with E-state index in [2.05, 4.69) is 31.2 Å². The lowest BCUT2D eigenvalue weighted by atomic mass is 10.2. The minimum atomic E-state index is -0.465. The molecule has 30 heavy (non-hydrogen) atoms. The van der Waals surface area contributed by atoms with Gasteiger partial charge in [0.1, 0.15) is 11.4 Å². The number of hydrogen-bond acceptors (Lipinski definition) is 6. The van der Waals surface area contributed by atoms with Gasteiger partial charge < -0.3 is 24.8 Å². The minimum absolute atomic E-state index is 0. The first-order valence-electron chi connectivity index (χ1n) is 10.4. The summed E-state index contributed by atoms with van der Waals surface area (Å²) < 4.78 is 5.50. The molecule has 1 fully saturated rings. The molecule has 1 aromatic carbocycles. The number of H-pyrrole nitrogens is 1. The van der Waals surface area contributed by atoms with Gasteiger partial charge in [-0.05, 0) is 39.3 Å². The predicted molar refractivity (Wildman–Crippen MR) is 128 cm³/mol. The number of nitrogens with zero attached hydrogens (tertiary/aromatic N) is 4. The van der Waals surface area contributed by atoms with Crippen molar-refractivity contribution in [2.75, 3.05) is 32.7 Å². The van der Waals surface area contributed by atoms with Crippen LogP contribution in [0.4, 0.5) is 4.79 Å². The van der Waals surface area contributed by atoms with E-state index in [0.717, 1.165) is 48.7 Å². The summed E-state index contributed by atoms with van der Waals surface area (Å²) in [6.07, 6.45) is 1.64. The minimum Gasteiger partial charge on any atom is -0.444 e. The van der Waals surface area contributed by atoms with Gasteiger partial charge >= 0.3 is 6.09 Å². The molecule has 1 saturated heterocycles. The van der Waals surface area contributed by atoms with Crippen molar-refractivity contribution in [2.24, 2.45) is 4.99 Å². The standard InChI is InChI=1S/C21H30N6O2.HI/c1-21(2,3)29-20(28)26-11-12-27-15(14-26)13-23-19(27)22-10-6-9-18-24-16-7-4-5-8-17(16)25-18;/h4-5,7-8,15H,6,9-14H2,1-3H3,(H,22,23)(H,24,25);1H. The number of para-hydroxylation sites is 2. The number of amides is 1. The van der Waals surface area contributed by atoms with E-state index in [-0.39, 0.29) is 36.1 Å². The van der Waals surface area contributed by atoms with Gasteiger partial charge in [-0.15, -0.1) is 24.0 Å². The second-order valence-electron chi connectivity index (χ2n) is 8.67. The van der Waals surface area contributed by atoms with Gasteiger partial charge in [0.25, 0.3) is 0 Å². The third-order valence-corrected chi connectivity index (χ3v) is 5.17. The average Bonchev–Trinajstić information content (AvgIpc) is 3.27. The number of aromatic nitrogens is 2. The van der Waals surface area contributed by atoms with Gasteiger partial charge in [0.15, 0.2) is 5.96 Å². The first-order chi connectivity index (χ1) is 13.9. The van der Waals surface area contributed by atoms with E-state index < -0.39 is 5.60 Å². The predicted octanol–water partition coefficient (Wildman–Crippen LogP) is 2.99. The molecule has 2 aliphatic rings. The number of ether oxygens (including phenoxy) is 1. The van der Waals surface area contributed by atoms with Crippen molar-refractivity contribution in [3.8, 4) is 0 Å². The number of nitrogens with one attached hydrogen (secondary N) is 2. The quantitative estimate of drug-likeness (QED) is 0.473. The SMILES string of the molecule is CC(C)(C)OC(=O)N1CCN2C(NCCCc3nc4ccccc4[nH]3)=NCC2C1.I. The number of halogens is 1. The maximum absolute atomic E-state index is 12.3. The lowest BCUT2D eigenvalue weighted by Crippen LogP contribution is -2.57. The van der Waals surface area contributed by atoms with E-state index >= 15 is 0 Å². The first kappa shape index (κ1) is 22.6. The Kier molecular flexibility index (Phi) is 7.10. The summed E-state index contributed by atoms with van der Waals surface area (Å²) in [6.45, 7) is 9.33. The van der Waals surface area contributed by atoms with Gasteiger partial charge in [-0.1, -0.05) is 12.1 Å². The number of imidazole rings is 1. The number of benzene rings is 1. The van der Waals surface area contributed by atoms with E-state index in [1.165, 1.54) is 0 Å². The second kappa shape index (κ2) is 9.40. The smallest absolute Gasteiger partial charge is 0.410 e. The zero-order valence-electron chi connectivity index (χ0n) is 17.9. The van der Waals surface area contributed by atoms with Crippen molar-refractivity contribution in [1.29, 1.82) is 0 Å². The molecule has 8 nitrogen and oxygen atoms in total. The number of carbonyl (C=O) groups excluding carboxylic acids is 1. The zero-order chi connectivity index (χ0) is 20.4. The van der Waals surface area contributed by atoms with Crippen LogP contribution in [-0.4, -0.2) is 76.2 Å². The number of aryl methyl sites for hydroxylation is 1. The zero-order valence-corrected chi connectivity index (χ0v) is 20.2. The summed E-state index contributed by atoms with van der Waals surface area (Å²) in [6, 6.07) is 8.33. The van der Waals surface area contributed by atoms with Crippen LogP contribution >= 0.6 is 24.0 Å². The Morgan fingerprint density at radius 3 is 2.87 bits per heavy atom. The van der Waals surface area contributed by atoms with Gasteiger partial charge in [-0.3, -0.25) is 4.99 Å². The molecule has 4 rings (SSSR count). The van der Waals surface area contributed by atoms with Crippen molar-refractivity contribution < 1.29 is 9.53 Å². The van der Waals surface area contributed by atoms with E-state index in [1.54, 1.807) is 4.90 Å². The van der Waals surface area contributed by atoms with Crippen LogP contribution in [0.2, 0.25) is 0 Å². The fourth-order valence-corrected chi connectivity index (χ4v) is 3.80. The molecule has 3 heterocycles. The van der Waals surface area contributed by atoms with Crippen molar-refractivity contribution in [2.45, 2.75) is 45.3 Å². The number of carbonyl (C=O) groups is 1. The maximum Gasteiger partial charge on any atom is 0.410 e. The molecule has 0 spiro atoms. The molecule has 1 unspecified atom stereocenters. The van der Waals surface area contributed by atoms with E-state index in [4.69, 9.17) is 4.74 Å². The van der Waals surface area contributed by atoms with Crippen LogP contribution in [0.25, 0.3) is 11.0 Å². The van der Waals surface area contributed by atoms with Crippen LogP contribution in [0.15, 0.2) is 29.3 Å². The Balaban J connectivity index is 0.00000256. The Hall–Kier alpha value is -2.04. The molecule has 9 heteroatoms. The van der Waals surface area contributed by atoms with Crippen molar-refractivity contribution in [3.63, 3.8) is 0 Å². The van der Waals surface area contributed by atoms with E-state index in [0.29, 0.717) is 19.6 Å². The van der Waals surface area contributed by atoms with Crippen LogP contribution in [0.1, 0.15) is 33.0 Å². The van der Waals surface area contributed by atoms with Crippen molar-refractivity contribution >= 4 is 47.1 Å². The molecule has 2 aliphatic heterocycles. The molecule has 2 N–H and O–H groups in total. The number of guanidine groups is 1. The lowest BCUT2D eigenvalue weighted by Gasteiger charge is -2.39. The third-order valence-electron chi connectivity index (χ3n) is 5.17. The largest absolute Gasteiger partial charge is 0.444 e. The highest BCUT2D eigenvalue weighted by Crippen LogP contribution is 2.18. The highest BCUT2D eigenvalue weighted by atomic mass is 127. The number of rotatable bonds is 4. The normalized spacial score (nSPS) is 18.6. The summed E-state index contributed by atoms with van der Waals surface area (Å²) in [4.78, 5) is 29.0. The highest BCUT2D eigenvalue weighted by molar-refractivity contribution is 14.0. The molecule has 164 valence electrons. The fraction of sp³-hybridized carbons (Fsp3) is 0.571. The fourth-order valence-electron chi connectivity index (χ4n) is 3.80. The molecule has 0 radical (unpaired) electrons. The Bertz CT molecular complexity index is 873. The number of hydrogen-bond donors (Lipinski definition) is 2. The Labute approximate surface area is 194 Å². The lowest BCUT2D eigenvalue weighted by molar-refractivity contribution is 0.0137. The summed E-state index contributed by atoms with van der Waals surface area (Å²) in [5.74, 6) is 1.97. The first-order valence-corrected chi connectivity index (χ1v) is 10.4. The summed E-state index contributed by atoms with van der Waals surface area (Å²) in [5.41, 5.74) is 1.63. The van der Waals surface area contributed by atoms with Crippen molar-refractivity contribution in [1.82, 2.24) is 25.1 Å². The summed E-state index contributed by atoms with van der Waals surface area (Å²) in [7, 11) is 0. The van der Waals surface area contributed by atoms with Gasteiger partial charge in [-0.2, -0.15) is 0 Å². The molecular formula is C21H31IN6O2. The van der Waals surface area contributed by atoms with Gasteiger partial charge in [0.2, 0.25) is 0 Å². The molecule has 1 amide bonds. The van der Waals surface area contributed by atoms with E-state index in [9.17, 15) is 4.79 Å². The van der Waals surface area contributed by atoms with Crippen LogP contribution in [0, 0.1) is 0 Å². The molecule has 1 atom stereocenters. The van der Waals surface area contributed by atoms with Crippen LogP contribution in [0.3, 0.4) is 0 Å². The molecule has 0 aliphatic carbocycles. The van der Waals surface area contributed by atoms with Crippen LogP contribution in [0.5, 0.6) is 0 Å². The molecule has 2 aromatic rings. The number of aliphatic imine (C=N–C) groups is 1. The van der Waals surface area contributed by atoms with Gasteiger partial charge in [0.05, 0.1) is 23.6 Å². The van der Waals surface area contributed by atoms with E-state index in [1.807, 2.05) is 39.0 Å².